The number of nitrogens with zero attached hydrogens (tertiary/aromatic N) is 2. The van der Waals surface area contributed by atoms with E-state index in [1.165, 1.54) is 19.3 Å². The molecule has 2 aliphatic rings. The summed E-state index contributed by atoms with van der Waals surface area (Å²) in [5, 5.41) is 0. The molecular formula is C16H23N3O2. The quantitative estimate of drug-likeness (QED) is 0.669. The Kier molecular flexibility index (Phi) is 4.48. The third kappa shape index (κ3) is 3.40. The lowest BCUT2D eigenvalue weighted by Crippen LogP contribution is -2.40. The van der Waals surface area contributed by atoms with Gasteiger partial charge in [0.05, 0.1) is 19.8 Å². The van der Waals surface area contributed by atoms with Crippen LogP contribution in [0.15, 0.2) is 23.2 Å². The molecule has 0 spiro atoms. The Balaban J connectivity index is 1.72. The molecule has 0 saturated carbocycles. The van der Waals surface area contributed by atoms with Crippen molar-refractivity contribution in [1.82, 2.24) is 4.90 Å². The van der Waals surface area contributed by atoms with Crippen molar-refractivity contribution in [3.63, 3.8) is 0 Å². The first-order valence-electron chi connectivity index (χ1n) is 7.77. The van der Waals surface area contributed by atoms with Crippen LogP contribution in [0.5, 0.6) is 11.5 Å². The zero-order valence-corrected chi connectivity index (χ0v) is 12.4. The van der Waals surface area contributed by atoms with E-state index in [1.807, 2.05) is 18.2 Å². The van der Waals surface area contributed by atoms with Crippen LogP contribution in [0.4, 0.5) is 0 Å². The lowest BCUT2D eigenvalue weighted by molar-refractivity contribution is 0.296. The predicted octanol–water partition coefficient (Wildman–Crippen LogP) is 2.15. The Morgan fingerprint density at radius 3 is 2.76 bits per heavy atom. The van der Waals surface area contributed by atoms with Gasteiger partial charge in [-0.2, -0.15) is 0 Å². The average molecular weight is 289 g/mol. The van der Waals surface area contributed by atoms with E-state index in [2.05, 4.69) is 9.89 Å². The molecule has 114 valence electrons. The van der Waals surface area contributed by atoms with Crippen LogP contribution in [0.25, 0.3) is 0 Å². The lowest BCUT2D eigenvalue weighted by Gasteiger charge is -2.27. The highest BCUT2D eigenvalue weighted by Crippen LogP contribution is 2.33. The molecule has 0 bridgehead atoms. The predicted molar refractivity (Wildman–Crippen MR) is 82.8 cm³/mol. The summed E-state index contributed by atoms with van der Waals surface area (Å²) in [7, 11) is 0. The van der Waals surface area contributed by atoms with Crippen LogP contribution in [-0.2, 0) is 6.54 Å². The van der Waals surface area contributed by atoms with Gasteiger partial charge in [-0.05, 0) is 25.3 Å². The Morgan fingerprint density at radius 1 is 1.10 bits per heavy atom. The van der Waals surface area contributed by atoms with E-state index in [0.29, 0.717) is 25.7 Å². The van der Waals surface area contributed by atoms with Crippen LogP contribution in [0.3, 0.4) is 0 Å². The molecule has 0 radical (unpaired) electrons. The minimum absolute atomic E-state index is 0.537. The van der Waals surface area contributed by atoms with E-state index in [4.69, 9.17) is 15.2 Å². The zero-order valence-electron chi connectivity index (χ0n) is 12.4. The normalized spacial score (nSPS) is 19.2. The Hall–Kier alpha value is -1.91. The van der Waals surface area contributed by atoms with Gasteiger partial charge in [-0.3, -0.25) is 0 Å². The van der Waals surface area contributed by atoms with E-state index in [-0.39, 0.29) is 0 Å². The number of fused-ring (bicyclic) bond motifs is 1. The van der Waals surface area contributed by atoms with Crippen molar-refractivity contribution >= 4 is 5.96 Å². The first-order valence-corrected chi connectivity index (χ1v) is 7.77. The smallest absolute Gasteiger partial charge is 0.191 e. The molecule has 21 heavy (non-hydrogen) atoms. The second-order valence-electron chi connectivity index (χ2n) is 5.52. The van der Waals surface area contributed by atoms with Gasteiger partial charge in [0.25, 0.3) is 0 Å². The molecule has 2 N–H and O–H groups in total. The van der Waals surface area contributed by atoms with Crippen LogP contribution in [0, 0.1) is 0 Å². The van der Waals surface area contributed by atoms with Crippen molar-refractivity contribution in [2.45, 2.75) is 32.2 Å². The first-order chi connectivity index (χ1) is 10.3. The highest BCUT2D eigenvalue weighted by Gasteiger charge is 2.15. The first kappa shape index (κ1) is 14.0. The molecule has 1 saturated heterocycles. The number of hydrogen-bond donors (Lipinski definition) is 1. The number of para-hydroxylation sites is 1. The largest absolute Gasteiger partial charge is 0.490 e. The molecule has 0 unspecified atom stereocenters. The van der Waals surface area contributed by atoms with Gasteiger partial charge >= 0.3 is 0 Å². The Morgan fingerprint density at radius 2 is 1.90 bits per heavy atom. The number of hydrogen-bond acceptors (Lipinski definition) is 3. The summed E-state index contributed by atoms with van der Waals surface area (Å²) < 4.78 is 11.5. The molecular weight excluding hydrogens is 266 g/mol. The van der Waals surface area contributed by atoms with Crippen LogP contribution in [0.2, 0.25) is 0 Å². The molecule has 0 aliphatic carbocycles. The molecule has 1 fully saturated rings. The number of guanidine groups is 1. The van der Waals surface area contributed by atoms with Gasteiger partial charge in [0.1, 0.15) is 0 Å². The second kappa shape index (κ2) is 6.70. The lowest BCUT2D eigenvalue weighted by atomic mass is 10.1. The summed E-state index contributed by atoms with van der Waals surface area (Å²) >= 11 is 0. The summed E-state index contributed by atoms with van der Waals surface area (Å²) in [4.78, 5) is 6.71. The standard InChI is InChI=1S/C16H23N3O2/c17-16(19-8-2-1-3-9-19)18-12-13-6-4-7-14-15(13)21-11-5-10-20-14/h4,6-7H,1-3,5,8-12H2,(H2,17,18). The zero-order chi connectivity index (χ0) is 14.5. The molecule has 2 aliphatic heterocycles. The summed E-state index contributed by atoms with van der Waals surface area (Å²) in [6.07, 6.45) is 4.61. The number of aliphatic imine (C=N–C) groups is 1. The van der Waals surface area contributed by atoms with Crippen molar-refractivity contribution in [2.75, 3.05) is 26.3 Å². The number of rotatable bonds is 2. The van der Waals surface area contributed by atoms with Crippen molar-refractivity contribution in [3.05, 3.63) is 23.8 Å². The van der Waals surface area contributed by atoms with E-state index >= 15 is 0 Å². The maximum atomic E-state index is 6.11. The SMILES string of the molecule is NC(=NCc1cccc2c1OCCCO2)N1CCCCC1. The number of ether oxygens (including phenoxy) is 2. The average Bonchev–Trinajstić information content (AvgIpc) is 2.79. The third-order valence-corrected chi connectivity index (χ3v) is 3.94. The van der Waals surface area contributed by atoms with Gasteiger partial charge in [0.15, 0.2) is 17.5 Å². The molecule has 1 aromatic carbocycles. The minimum Gasteiger partial charge on any atom is -0.490 e. The molecule has 0 aromatic heterocycles. The molecule has 3 rings (SSSR count). The maximum Gasteiger partial charge on any atom is 0.191 e. The number of benzene rings is 1. The fraction of sp³-hybridized carbons (Fsp3) is 0.562. The van der Waals surface area contributed by atoms with E-state index in [9.17, 15) is 0 Å². The minimum atomic E-state index is 0.537. The van der Waals surface area contributed by atoms with Gasteiger partial charge < -0.3 is 20.1 Å². The molecule has 5 heteroatoms. The second-order valence-corrected chi connectivity index (χ2v) is 5.52. The fourth-order valence-corrected chi connectivity index (χ4v) is 2.77. The fourth-order valence-electron chi connectivity index (χ4n) is 2.77. The molecule has 0 amide bonds. The van der Waals surface area contributed by atoms with E-state index in [0.717, 1.165) is 36.6 Å². The molecule has 1 aromatic rings. The van der Waals surface area contributed by atoms with Crippen LogP contribution in [-0.4, -0.2) is 37.2 Å². The van der Waals surface area contributed by atoms with Crippen LogP contribution in [0.1, 0.15) is 31.2 Å². The van der Waals surface area contributed by atoms with Crippen molar-refractivity contribution in [2.24, 2.45) is 10.7 Å². The van der Waals surface area contributed by atoms with E-state index < -0.39 is 0 Å². The highest BCUT2D eigenvalue weighted by atomic mass is 16.5. The third-order valence-electron chi connectivity index (χ3n) is 3.94. The van der Waals surface area contributed by atoms with Crippen LogP contribution >= 0.6 is 0 Å². The highest BCUT2D eigenvalue weighted by molar-refractivity contribution is 5.78. The van der Waals surface area contributed by atoms with Gasteiger partial charge in [-0.25, -0.2) is 4.99 Å². The Labute approximate surface area is 125 Å². The van der Waals surface area contributed by atoms with Gasteiger partial charge in [0, 0.05) is 25.1 Å². The summed E-state index contributed by atoms with van der Waals surface area (Å²) in [5.74, 6) is 2.28. The molecule has 5 nitrogen and oxygen atoms in total. The van der Waals surface area contributed by atoms with Crippen molar-refractivity contribution < 1.29 is 9.47 Å². The van der Waals surface area contributed by atoms with Gasteiger partial charge in [-0.1, -0.05) is 12.1 Å². The summed E-state index contributed by atoms with van der Waals surface area (Å²) in [6.45, 7) is 3.96. The maximum absolute atomic E-state index is 6.11. The summed E-state index contributed by atoms with van der Waals surface area (Å²) in [5.41, 5.74) is 7.14. The summed E-state index contributed by atoms with van der Waals surface area (Å²) in [6, 6.07) is 5.96. The monoisotopic (exact) mass is 289 g/mol. The topological polar surface area (TPSA) is 60.1 Å². The van der Waals surface area contributed by atoms with Crippen LogP contribution < -0.4 is 15.2 Å². The van der Waals surface area contributed by atoms with Gasteiger partial charge in [-0.15, -0.1) is 0 Å². The van der Waals surface area contributed by atoms with Crippen molar-refractivity contribution in [1.29, 1.82) is 0 Å². The molecule has 2 heterocycles. The molecule has 0 atom stereocenters. The number of likely N-dealkylation sites (tertiary alicyclic amines) is 1. The number of nitrogens with two attached hydrogens (primary N) is 1. The van der Waals surface area contributed by atoms with Gasteiger partial charge in [0.2, 0.25) is 0 Å². The number of piperidine rings is 1. The Bertz CT molecular complexity index is 510. The van der Waals surface area contributed by atoms with E-state index in [1.54, 1.807) is 0 Å². The van der Waals surface area contributed by atoms with Crippen molar-refractivity contribution in [3.8, 4) is 11.5 Å².